The number of benzene rings is 1. The smallest absolute Gasteiger partial charge is 0.275 e. The minimum atomic E-state index is -0.528. The van der Waals surface area contributed by atoms with E-state index in [1.54, 1.807) is 13.1 Å². The summed E-state index contributed by atoms with van der Waals surface area (Å²) in [4.78, 5) is 22.6. The lowest BCUT2D eigenvalue weighted by Crippen LogP contribution is -2.22. The van der Waals surface area contributed by atoms with Crippen LogP contribution in [0.25, 0.3) is 0 Å². The van der Waals surface area contributed by atoms with E-state index in [1.165, 1.54) is 31.1 Å². The number of nitro groups is 1. The minimum absolute atomic E-state index is 0.109. The average molecular weight is 224 g/mol. The largest absolute Gasteiger partial charge is 0.496 e. The number of carbonyl (C=O) groups is 1. The number of hydrogen-bond donors (Lipinski definition) is 0. The Bertz CT molecular complexity index is 431. The van der Waals surface area contributed by atoms with Crippen LogP contribution < -0.4 is 9.64 Å². The third-order valence-corrected chi connectivity index (χ3v) is 2.18. The first kappa shape index (κ1) is 12.0. The molecule has 0 unspecified atom stereocenters. The summed E-state index contributed by atoms with van der Waals surface area (Å²) in [5.74, 6) is 0.139. The molecule has 0 saturated heterocycles. The van der Waals surface area contributed by atoms with Crippen LogP contribution in [-0.2, 0) is 4.79 Å². The van der Waals surface area contributed by atoms with Gasteiger partial charge in [0, 0.05) is 26.1 Å². The van der Waals surface area contributed by atoms with Crippen LogP contribution in [-0.4, -0.2) is 25.0 Å². The second-order valence-corrected chi connectivity index (χ2v) is 3.22. The molecule has 0 N–H and O–H groups in total. The molecule has 6 heteroatoms. The third kappa shape index (κ3) is 2.47. The van der Waals surface area contributed by atoms with Crippen molar-refractivity contribution in [2.45, 2.75) is 6.92 Å². The quantitative estimate of drug-likeness (QED) is 0.577. The van der Waals surface area contributed by atoms with Gasteiger partial charge in [0.25, 0.3) is 5.69 Å². The van der Waals surface area contributed by atoms with E-state index in [2.05, 4.69) is 0 Å². The van der Waals surface area contributed by atoms with Gasteiger partial charge in [0.05, 0.1) is 23.8 Å². The van der Waals surface area contributed by atoms with E-state index in [9.17, 15) is 14.9 Å². The molecule has 0 radical (unpaired) electrons. The molecule has 1 rings (SSSR count). The molecule has 0 saturated carbocycles. The van der Waals surface area contributed by atoms with Gasteiger partial charge in [-0.2, -0.15) is 0 Å². The highest BCUT2D eigenvalue weighted by atomic mass is 16.6. The van der Waals surface area contributed by atoms with Crippen LogP contribution in [0.5, 0.6) is 5.75 Å². The number of ether oxygens (including phenoxy) is 1. The van der Waals surface area contributed by atoms with Gasteiger partial charge in [0.2, 0.25) is 5.91 Å². The van der Waals surface area contributed by atoms with Crippen LogP contribution in [0.3, 0.4) is 0 Å². The SMILES string of the molecule is COc1cc(N(C)C(C)=O)cc([N+](=O)[O-])c1. The van der Waals surface area contributed by atoms with Gasteiger partial charge in [0.1, 0.15) is 5.75 Å². The van der Waals surface area contributed by atoms with E-state index in [-0.39, 0.29) is 11.6 Å². The summed E-state index contributed by atoms with van der Waals surface area (Å²) in [5, 5.41) is 10.7. The standard InChI is InChI=1S/C10H12N2O4/c1-7(13)11(2)8-4-9(12(14)15)6-10(5-8)16-3/h4-6H,1-3H3. The van der Waals surface area contributed by atoms with Gasteiger partial charge in [-0.1, -0.05) is 0 Å². The molecule has 16 heavy (non-hydrogen) atoms. The number of nitro benzene ring substituents is 1. The van der Waals surface area contributed by atoms with Crippen LogP contribution in [0.4, 0.5) is 11.4 Å². The molecule has 0 aliphatic rings. The lowest BCUT2D eigenvalue weighted by atomic mass is 10.2. The van der Waals surface area contributed by atoms with Crippen molar-refractivity contribution in [1.82, 2.24) is 0 Å². The fourth-order valence-corrected chi connectivity index (χ4v) is 1.17. The summed E-state index contributed by atoms with van der Waals surface area (Å²) < 4.78 is 4.93. The highest BCUT2D eigenvalue weighted by molar-refractivity contribution is 5.91. The molecule has 86 valence electrons. The fourth-order valence-electron chi connectivity index (χ4n) is 1.17. The Kier molecular flexibility index (Phi) is 3.44. The third-order valence-electron chi connectivity index (χ3n) is 2.18. The molecule has 0 aliphatic carbocycles. The van der Waals surface area contributed by atoms with Crippen molar-refractivity contribution in [3.05, 3.63) is 28.3 Å². The number of non-ortho nitro benzene ring substituents is 1. The van der Waals surface area contributed by atoms with Gasteiger partial charge in [0.15, 0.2) is 0 Å². The summed E-state index contributed by atoms with van der Waals surface area (Å²) in [6.07, 6.45) is 0. The van der Waals surface area contributed by atoms with Crippen LogP contribution in [0, 0.1) is 10.1 Å². The Hall–Kier alpha value is -2.11. The van der Waals surface area contributed by atoms with Gasteiger partial charge >= 0.3 is 0 Å². The highest BCUT2D eigenvalue weighted by Crippen LogP contribution is 2.27. The van der Waals surface area contributed by atoms with E-state index in [0.717, 1.165) is 0 Å². The van der Waals surface area contributed by atoms with E-state index in [0.29, 0.717) is 11.4 Å². The minimum Gasteiger partial charge on any atom is -0.496 e. The summed E-state index contributed by atoms with van der Waals surface area (Å²) in [6, 6.07) is 4.19. The van der Waals surface area contributed by atoms with Crippen molar-refractivity contribution in [2.75, 3.05) is 19.1 Å². The monoisotopic (exact) mass is 224 g/mol. The number of rotatable bonds is 3. The number of hydrogen-bond acceptors (Lipinski definition) is 4. The Balaban J connectivity index is 3.23. The Morgan fingerprint density at radius 3 is 2.50 bits per heavy atom. The van der Waals surface area contributed by atoms with Crippen molar-refractivity contribution >= 4 is 17.3 Å². The van der Waals surface area contributed by atoms with E-state index in [4.69, 9.17) is 4.74 Å². The molecule has 0 heterocycles. The topological polar surface area (TPSA) is 72.7 Å². The molecule has 0 atom stereocenters. The molecule has 1 aromatic rings. The number of anilines is 1. The molecule has 6 nitrogen and oxygen atoms in total. The highest BCUT2D eigenvalue weighted by Gasteiger charge is 2.14. The Labute approximate surface area is 92.6 Å². The van der Waals surface area contributed by atoms with Crippen molar-refractivity contribution in [3.8, 4) is 5.75 Å². The number of amides is 1. The van der Waals surface area contributed by atoms with Gasteiger partial charge in [-0.3, -0.25) is 14.9 Å². The summed E-state index contributed by atoms with van der Waals surface area (Å²) in [5.41, 5.74) is 0.320. The zero-order chi connectivity index (χ0) is 12.3. The fraction of sp³-hybridized carbons (Fsp3) is 0.300. The zero-order valence-corrected chi connectivity index (χ0v) is 9.26. The van der Waals surface area contributed by atoms with E-state index >= 15 is 0 Å². The van der Waals surface area contributed by atoms with Crippen molar-refractivity contribution in [2.24, 2.45) is 0 Å². The van der Waals surface area contributed by atoms with E-state index in [1.807, 2.05) is 0 Å². The molecular formula is C10H12N2O4. The van der Waals surface area contributed by atoms with Crippen molar-refractivity contribution < 1.29 is 14.5 Å². The maximum atomic E-state index is 11.1. The first-order chi connectivity index (χ1) is 7.45. The van der Waals surface area contributed by atoms with Crippen LogP contribution in [0.2, 0.25) is 0 Å². The molecule has 0 spiro atoms. The van der Waals surface area contributed by atoms with Crippen LogP contribution in [0.15, 0.2) is 18.2 Å². The van der Waals surface area contributed by atoms with Crippen molar-refractivity contribution in [1.29, 1.82) is 0 Å². The van der Waals surface area contributed by atoms with E-state index < -0.39 is 4.92 Å². The molecule has 1 amide bonds. The molecule has 0 aliphatic heterocycles. The Morgan fingerprint density at radius 1 is 1.44 bits per heavy atom. The maximum absolute atomic E-state index is 11.1. The second-order valence-electron chi connectivity index (χ2n) is 3.22. The molecule has 0 aromatic heterocycles. The number of carbonyl (C=O) groups excluding carboxylic acids is 1. The Morgan fingerprint density at radius 2 is 2.06 bits per heavy atom. The molecule has 0 bridgehead atoms. The summed E-state index contributed by atoms with van der Waals surface area (Å²) in [7, 11) is 2.96. The number of methoxy groups -OCH3 is 1. The zero-order valence-electron chi connectivity index (χ0n) is 9.26. The normalized spacial score (nSPS) is 9.69. The maximum Gasteiger partial charge on any atom is 0.275 e. The average Bonchev–Trinajstić information content (AvgIpc) is 2.27. The predicted octanol–water partition coefficient (Wildman–Crippen LogP) is 1.59. The van der Waals surface area contributed by atoms with Gasteiger partial charge in [-0.25, -0.2) is 0 Å². The summed E-state index contributed by atoms with van der Waals surface area (Å²) >= 11 is 0. The lowest BCUT2D eigenvalue weighted by molar-refractivity contribution is -0.384. The van der Waals surface area contributed by atoms with Gasteiger partial charge < -0.3 is 9.64 Å². The van der Waals surface area contributed by atoms with Gasteiger partial charge in [-0.05, 0) is 0 Å². The second kappa shape index (κ2) is 4.61. The first-order valence-electron chi connectivity index (χ1n) is 4.53. The van der Waals surface area contributed by atoms with Gasteiger partial charge in [-0.15, -0.1) is 0 Å². The number of nitrogens with zero attached hydrogens (tertiary/aromatic N) is 2. The lowest BCUT2D eigenvalue weighted by Gasteiger charge is -2.15. The molecule has 1 aromatic carbocycles. The molecule has 0 fully saturated rings. The van der Waals surface area contributed by atoms with Crippen LogP contribution >= 0.6 is 0 Å². The first-order valence-corrected chi connectivity index (χ1v) is 4.53. The predicted molar refractivity (Wildman–Crippen MR) is 58.7 cm³/mol. The molecular weight excluding hydrogens is 212 g/mol. The van der Waals surface area contributed by atoms with Crippen LogP contribution in [0.1, 0.15) is 6.92 Å². The summed E-state index contributed by atoms with van der Waals surface area (Å²) in [6.45, 7) is 1.38. The van der Waals surface area contributed by atoms with Crippen molar-refractivity contribution in [3.63, 3.8) is 0 Å².